The summed E-state index contributed by atoms with van der Waals surface area (Å²) in [5.41, 5.74) is 1.61. The Bertz CT molecular complexity index is 896. The van der Waals surface area contributed by atoms with Crippen LogP contribution < -0.4 is 10.6 Å². The number of esters is 1. The van der Waals surface area contributed by atoms with E-state index < -0.39 is 18.5 Å². The highest BCUT2D eigenvalue weighted by molar-refractivity contribution is 6.30. The van der Waals surface area contributed by atoms with Crippen LogP contribution in [0, 0.1) is 0 Å². The number of nitrogens with one attached hydrogen (secondary N) is 2. The number of anilines is 2. The van der Waals surface area contributed by atoms with Crippen molar-refractivity contribution in [2.24, 2.45) is 0 Å². The standard InChI is InChI=1S/C21H21ClN2O5/c1-14(25)15-8-10-17(11-9-15)23-20(27)13-29-21(28)7-3-6-19(26)24-18-5-2-4-16(22)12-18/h2,4-5,8-12H,3,6-7,13H2,1H3,(H,23,27)(H,24,26). The summed E-state index contributed by atoms with van der Waals surface area (Å²) in [6.07, 6.45) is 0.444. The van der Waals surface area contributed by atoms with Crippen LogP contribution in [0.25, 0.3) is 0 Å². The van der Waals surface area contributed by atoms with Gasteiger partial charge in [-0.15, -0.1) is 0 Å². The van der Waals surface area contributed by atoms with Crippen molar-refractivity contribution in [3.63, 3.8) is 0 Å². The van der Waals surface area contributed by atoms with Gasteiger partial charge in [-0.2, -0.15) is 0 Å². The Kier molecular flexibility index (Phi) is 8.36. The summed E-state index contributed by atoms with van der Waals surface area (Å²) < 4.78 is 4.90. The largest absolute Gasteiger partial charge is 0.456 e. The molecule has 0 fully saturated rings. The van der Waals surface area contributed by atoms with E-state index in [2.05, 4.69) is 10.6 Å². The molecule has 0 atom stereocenters. The number of hydrogen-bond donors (Lipinski definition) is 2. The highest BCUT2D eigenvalue weighted by Gasteiger charge is 2.10. The minimum absolute atomic E-state index is 0.0174. The van der Waals surface area contributed by atoms with E-state index in [0.29, 0.717) is 28.4 Å². The smallest absolute Gasteiger partial charge is 0.306 e. The normalized spacial score (nSPS) is 10.1. The van der Waals surface area contributed by atoms with E-state index in [1.54, 1.807) is 48.5 Å². The topological polar surface area (TPSA) is 102 Å². The number of rotatable bonds is 9. The molecule has 0 spiro atoms. The average Bonchev–Trinajstić information content (AvgIpc) is 2.67. The zero-order valence-electron chi connectivity index (χ0n) is 15.9. The van der Waals surface area contributed by atoms with Crippen molar-refractivity contribution in [1.29, 1.82) is 0 Å². The van der Waals surface area contributed by atoms with E-state index >= 15 is 0 Å². The SMILES string of the molecule is CC(=O)c1ccc(NC(=O)COC(=O)CCCC(=O)Nc2cccc(Cl)c2)cc1. The Balaban J connectivity index is 1.64. The molecule has 0 saturated heterocycles. The summed E-state index contributed by atoms with van der Waals surface area (Å²) in [6, 6.07) is 13.1. The lowest BCUT2D eigenvalue weighted by atomic mass is 10.1. The third-order valence-corrected chi connectivity index (χ3v) is 4.07. The summed E-state index contributed by atoms with van der Waals surface area (Å²) in [6.45, 7) is 1.02. The van der Waals surface area contributed by atoms with Gasteiger partial charge in [-0.3, -0.25) is 19.2 Å². The Morgan fingerprint density at radius 2 is 1.59 bits per heavy atom. The zero-order valence-corrected chi connectivity index (χ0v) is 16.6. The van der Waals surface area contributed by atoms with E-state index in [0.717, 1.165) is 0 Å². The first-order valence-electron chi connectivity index (χ1n) is 8.95. The maximum absolute atomic E-state index is 11.8. The zero-order chi connectivity index (χ0) is 21.2. The number of halogens is 1. The first kappa shape index (κ1) is 22.1. The molecular formula is C21H21ClN2O5. The van der Waals surface area contributed by atoms with Gasteiger partial charge in [0, 0.05) is 34.8 Å². The van der Waals surface area contributed by atoms with Crippen LogP contribution in [-0.2, 0) is 19.1 Å². The molecule has 0 saturated carbocycles. The van der Waals surface area contributed by atoms with Gasteiger partial charge in [0.1, 0.15) is 0 Å². The number of benzene rings is 2. The van der Waals surface area contributed by atoms with Crippen molar-refractivity contribution >= 4 is 46.5 Å². The Hall–Kier alpha value is -3.19. The summed E-state index contributed by atoms with van der Waals surface area (Å²) >= 11 is 5.85. The molecule has 2 N–H and O–H groups in total. The van der Waals surface area contributed by atoms with Gasteiger partial charge in [0.25, 0.3) is 5.91 Å². The van der Waals surface area contributed by atoms with Gasteiger partial charge >= 0.3 is 5.97 Å². The van der Waals surface area contributed by atoms with E-state index in [-0.39, 0.29) is 24.5 Å². The van der Waals surface area contributed by atoms with Crippen LogP contribution in [0.4, 0.5) is 11.4 Å². The van der Waals surface area contributed by atoms with Crippen molar-refractivity contribution < 1.29 is 23.9 Å². The van der Waals surface area contributed by atoms with Gasteiger partial charge in [0.2, 0.25) is 5.91 Å². The second-order valence-electron chi connectivity index (χ2n) is 6.25. The van der Waals surface area contributed by atoms with Gasteiger partial charge in [-0.1, -0.05) is 17.7 Å². The van der Waals surface area contributed by atoms with E-state index in [4.69, 9.17) is 16.3 Å². The monoisotopic (exact) mass is 416 g/mol. The molecule has 0 aliphatic carbocycles. The van der Waals surface area contributed by atoms with E-state index in [1.165, 1.54) is 6.92 Å². The van der Waals surface area contributed by atoms with Crippen LogP contribution in [0.1, 0.15) is 36.5 Å². The van der Waals surface area contributed by atoms with Crippen LogP contribution in [0.3, 0.4) is 0 Å². The molecule has 2 amide bonds. The van der Waals surface area contributed by atoms with Crippen molar-refractivity contribution in [3.8, 4) is 0 Å². The van der Waals surface area contributed by atoms with E-state index in [9.17, 15) is 19.2 Å². The van der Waals surface area contributed by atoms with Crippen LogP contribution in [0.2, 0.25) is 5.02 Å². The molecule has 2 rings (SSSR count). The predicted molar refractivity (Wildman–Crippen MR) is 110 cm³/mol. The average molecular weight is 417 g/mol. The first-order chi connectivity index (χ1) is 13.8. The molecule has 0 aliphatic heterocycles. The number of carbonyl (C=O) groups excluding carboxylic acids is 4. The Labute approximate surface area is 173 Å². The summed E-state index contributed by atoms with van der Waals surface area (Å²) in [7, 11) is 0. The van der Waals surface area contributed by atoms with Crippen LogP contribution >= 0.6 is 11.6 Å². The maximum Gasteiger partial charge on any atom is 0.306 e. The van der Waals surface area contributed by atoms with Crippen molar-refractivity contribution in [3.05, 3.63) is 59.1 Å². The molecule has 152 valence electrons. The molecule has 7 nitrogen and oxygen atoms in total. The quantitative estimate of drug-likeness (QED) is 0.477. The Morgan fingerprint density at radius 1 is 0.897 bits per heavy atom. The minimum Gasteiger partial charge on any atom is -0.456 e. The highest BCUT2D eigenvalue weighted by atomic mass is 35.5. The van der Waals surface area contributed by atoms with Crippen LogP contribution in [-0.4, -0.2) is 30.2 Å². The molecule has 0 heterocycles. The number of ketones is 1. The van der Waals surface area contributed by atoms with Crippen molar-refractivity contribution in [1.82, 2.24) is 0 Å². The highest BCUT2D eigenvalue weighted by Crippen LogP contribution is 2.15. The Morgan fingerprint density at radius 3 is 2.24 bits per heavy atom. The molecule has 0 radical (unpaired) electrons. The fraction of sp³-hybridized carbons (Fsp3) is 0.238. The van der Waals surface area contributed by atoms with Crippen LogP contribution in [0.5, 0.6) is 0 Å². The number of carbonyl (C=O) groups is 4. The lowest BCUT2D eigenvalue weighted by molar-refractivity contribution is -0.147. The predicted octanol–water partition coefficient (Wildman–Crippen LogP) is 3.83. The molecule has 0 aromatic heterocycles. The molecule has 2 aromatic carbocycles. The third-order valence-electron chi connectivity index (χ3n) is 3.83. The second-order valence-corrected chi connectivity index (χ2v) is 6.69. The lowest BCUT2D eigenvalue weighted by Gasteiger charge is -2.07. The molecule has 29 heavy (non-hydrogen) atoms. The summed E-state index contributed by atoms with van der Waals surface area (Å²) in [4.78, 5) is 46.6. The first-order valence-corrected chi connectivity index (χ1v) is 9.33. The molecule has 0 bridgehead atoms. The lowest BCUT2D eigenvalue weighted by Crippen LogP contribution is -2.21. The van der Waals surface area contributed by atoms with Gasteiger partial charge in [-0.25, -0.2) is 0 Å². The van der Waals surface area contributed by atoms with Crippen molar-refractivity contribution in [2.75, 3.05) is 17.2 Å². The second kappa shape index (κ2) is 11.0. The van der Waals surface area contributed by atoms with Crippen LogP contribution in [0.15, 0.2) is 48.5 Å². The molecule has 0 aliphatic rings. The molecule has 8 heteroatoms. The van der Waals surface area contributed by atoms with Gasteiger partial charge < -0.3 is 15.4 Å². The number of amides is 2. The van der Waals surface area contributed by atoms with Gasteiger partial charge in [-0.05, 0) is 55.8 Å². The minimum atomic E-state index is -0.567. The molecule has 2 aromatic rings. The molecule has 0 unspecified atom stereocenters. The number of hydrogen-bond acceptors (Lipinski definition) is 5. The van der Waals surface area contributed by atoms with Gasteiger partial charge in [0.15, 0.2) is 12.4 Å². The van der Waals surface area contributed by atoms with Crippen molar-refractivity contribution in [2.45, 2.75) is 26.2 Å². The number of Topliss-reactive ketones (excluding diaryl/α,β-unsaturated/α-hetero) is 1. The molecular weight excluding hydrogens is 396 g/mol. The summed E-state index contributed by atoms with van der Waals surface area (Å²) in [5.74, 6) is -1.37. The summed E-state index contributed by atoms with van der Waals surface area (Å²) in [5, 5.41) is 5.76. The van der Waals surface area contributed by atoms with E-state index in [1.807, 2.05) is 0 Å². The third kappa shape index (κ3) is 8.15. The fourth-order valence-electron chi connectivity index (χ4n) is 2.39. The fourth-order valence-corrected chi connectivity index (χ4v) is 2.58. The maximum atomic E-state index is 11.8. The number of ether oxygens (including phenoxy) is 1. The van der Waals surface area contributed by atoms with Gasteiger partial charge in [0.05, 0.1) is 0 Å².